The number of carbonyl (C=O) groups is 1. The van der Waals surface area contributed by atoms with E-state index in [9.17, 15) is 4.79 Å². The molecule has 3 heterocycles. The average molecular weight is 447 g/mol. The quantitative estimate of drug-likeness (QED) is 0.447. The third kappa shape index (κ3) is 4.61. The third-order valence-electron chi connectivity index (χ3n) is 6.07. The molecule has 5 rings (SSSR count). The first-order valence-electron chi connectivity index (χ1n) is 11.0. The Morgan fingerprint density at radius 1 is 1.09 bits per heavy atom. The van der Waals surface area contributed by atoms with Crippen molar-refractivity contribution in [3.05, 3.63) is 65.7 Å². The second kappa shape index (κ2) is 9.07. The van der Waals surface area contributed by atoms with Gasteiger partial charge < -0.3 is 18.6 Å². The summed E-state index contributed by atoms with van der Waals surface area (Å²) in [7, 11) is 1.62. The summed E-state index contributed by atoms with van der Waals surface area (Å²) in [6, 6.07) is 13.7. The molecule has 0 spiro atoms. The van der Waals surface area contributed by atoms with Crippen LogP contribution >= 0.6 is 0 Å². The van der Waals surface area contributed by atoms with Crippen LogP contribution in [0.2, 0.25) is 0 Å². The molecule has 0 aliphatic carbocycles. The van der Waals surface area contributed by atoms with Crippen LogP contribution < -0.4 is 4.74 Å². The number of hydrogen-bond donors (Lipinski definition) is 0. The van der Waals surface area contributed by atoms with Crippen molar-refractivity contribution in [3.8, 4) is 17.1 Å². The Morgan fingerprint density at radius 2 is 1.88 bits per heavy atom. The number of hydrogen-bond acceptors (Lipinski definition) is 7. The summed E-state index contributed by atoms with van der Waals surface area (Å²) >= 11 is 0. The Bertz CT molecular complexity index is 1250. The molecule has 2 aromatic heterocycles. The molecule has 4 aromatic rings. The molecule has 33 heavy (non-hydrogen) atoms. The van der Waals surface area contributed by atoms with E-state index in [-0.39, 0.29) is 5.91 Å². The number of nitrogens with zero attached hydrogens (tertiary/aromatic N) is 4. The number of amides is 1. The minimum Gasteiger partial charge on any atom is -0.497 e. The fraction of sp³-hybridized carbons (Fsp3) is 0.320. The molecule has 0 saturated carbocycles. The van der Waals surface area contributed by atoms with Gasteiger partial charge in [-0.15, -0.1) is 0 Å². The lowest BCUT2D eigenvalue weighted by Crippen LogP contribution is -2.48. The first-order valence-corrected chi connectivity index (χ1v) is 11.0. The molecular weight excluding hydrogens is 420 g/mol. The molecular formula is C25H26N4O4. The lowest BCUT2D eigenvalue weighted by molar-refractivity contribution is -0.132. The molecule has 1 amide bonds. The van der Waals surface area contributed by atoms with E-state index < -0.39 is 0 Å². The molecule has 8 nitrogen and oxygen atoms in total. The Kier molecular flexibility index (Phi) is 5.83. The Balaban J connectivity index is 1.15. The van der Waals surface area contributed by atoms with Gasteiger partial charge in [0, 0.05) is 48.8 Å². The van der Waals surface area contributed by atoms with Crippen molar-refractivity contribution >= 4 is 16.9 Å². The van der Waals surface area contributed by atoms with Crippen molar-refractivity contribution in [3.63, 3.8) is 0 Å². The van der Waals surface area contributed by atoms with Crippen LogP contribution in [0, 0.1) is 6.92 Å². The van der Waals surface area contributed by atoms with Crippen LogP contribution in [0.1, 0.15) is 17.0 Å². The van der Waals surface area contributed by atoms with Crippen LogP contribution in [0.15, 0.2) is 57.7 Å². The predicted octanol–water partition coefficient (Wildman–Crippen LogP) is 3.69. The second-order valence-corrected chi connectivity index (χ2v) is 8.33. The molecule has 1 saturated heterocycles. The minimum absolute atomic E-state index is 0.104. The number of aromatic nitrogens is 2. The molecule has 1 aliphatic rings. The van der Waals surface area contributed by atoms with Crippen molar-refractivity contribution in [2.45, 2.75) is 19.9 Å². The van der Waals surface area contributed by atoms with Gasteiger partial charge in [-0.3, -0.25) is 9.69 Å². The van der Waals surface area contributed by atoms with E-state index in [0.29, 0.717) is 37.8 Å². The maximum Gasteiger partial charge on any atom is 0.241 e. The molecule has 0 radical (unpaired) electrons. The van der Waals surface area contributed by atoms with Crippen molar-refractivity contribution in [2.75, 3.05) is 33.3 Å². The van der Waals surface area contributed by atoms with E-state index in [2.05, 4.69) is 15.0 Å². The van der Waals surface area contributed by atoms with Crippen LogP contribution in [-0.2, 0) is 17.8 Å². The SMILES string of the molecule is COc1ccc2c(CC(=O)N3CCN(Cc4nc(-c5ccc(C)cc5)no4)CC3)coc2c1. The van der Waals surface area contributed by atoms with Crippen LogP contribution in [0.4, 0.5) is 0 Å². The zero-order chi connectivity index (χ0) is 22.8. The summed E-state index contributed by atoms with van der Waals surface area (Å²) in [5, 5.41) is 5.06. The number of methoxy groups -OCH3 is 1. The maximum absolute atomic E-state index is 12.9. The molecule has 0 N–H and O–H groups in total. The number of aryl methyl sites for hydroxylation is 1. The monoisotopic (exact) mass is 446 g/mol. The normalized spacial score (nSPS) is 14.7. The van der Waals surface area contributed by atoms with Gasteiger partial charge in [0.2, 0.25) is 17.6 Å². The topological polar surface area (TPSA) is 84.8 Å². The number of carbonyl (C=O) groups excluding carboxylic acids is 1. The van der Waals surface area contributed by atoms with Gasteiger partial charge in [0.25, 0.3) is 0 Å². The fourth-order valence-corrected chi connectivity index (χ4v) is 4.09. The number of rotatable bonds is 6. The van der Waals surface area contributed by atoms with Crippen molar-refractivity contribution in [1.29, 1.82) is 0 Å². The predicted molar refractivity (Wildman–Crippen MR) is 123 cm³/mol. The van der Waals surface area contributed by atoms with Gasteiger partial charge in [-0.05, 0) is 19.1 Å². The minimum atomic E-state index is 0.104. The van der Waals surface area contributed by atoms with Gasteiger partial charge in [-0.1, -0.05) is 35.0 Å². The molecule has 0 bridgehead atoms. The van der Waals surface area contributed by atoms with E-state index in [1.165, 1.54) is 5.56 Å². The van der Waals surface area contributed by atoms with Gasteiger partial charge >= 0.3 is 0 Å². The Labute approximate surface area is 191 Å². The molecule has 8 heteroatoms. The van der Waals surface area contributed by atoms with Crippen molar-refractivity contribution < 1.29 is 18.5 Å². The summed E-state index contributed by atoms with van der Waals surface area (Å²) in [5.74, 6) is 2.03. The highest BCUT2D eigenvalue weighted by Crippen LogP contribution is 2.26. The first-order chi connectivity index (χ1) is 16.1. The zero-order valence-corrected chi connectivity index (χ0v) is 18.8. The summed E-state index contributed by atoms with van der Waals surface area (Å²) in [5.41, 5.74) is 3.76. The standard InChI is InChI=1S/C25H26N4O4/c1-17-3-5-18(6-4-17)25-26-23(33-27-25)15-28-9-11-29(12-10-28)24(30)13-19-16-32-22-14-20(31-2)7-8-21(19)22/h3-8,14,16H,9-13,15H2,1-2H3. The number of ether oxygens (including phenoxy) is 1. The lowest BCUT2D eigenvalue weighted by Gasteiger charge is -2.34. The second-order valence-electron chi connectivity index (χ2n) is 8.33. The smallest absolute Gasteiger partial charge is 0.241 e. The van der Waals surface area contributed by atoms with Crippen molar-refractivity contribution in [1.82, 2.24) is 19.9 Å². The van der Waals surface area contributed by atoms with Crippen molar-refractivity contribution in [2.24, 2.45) is 0 Å². The number of benzene rings is 2. The summed E-state index contributed by atoms with van der Waals surface area (Å²) < 4.78 is 16.3. The van der Waals surface area contributed by atoms with E-state index in [1.54, 1.807) is 13.4 Å². The molecule has 0 atom stereocenters. The average Bonchev–Trinajstić information content (AvgIpc) is 3.47. The lowest BCUT2D eigenvalue weighted by atomic mass is 10.1. The molecule has 0 unspecified atom stereocenters. The van der Waals surface area contributed by atoms with Crippen LogP contribution in [0.5, 0.6) is 5.75 Å². The molecule has 1 aliphatic heterocycles. The number of furan rings is 1. The van der Waals surface area contributed by atoms with Gasteiger partial charge in [0.1, 0.15) is 11.3 Å². The summed E-state index contributed by atoms with van der Waals surface area (Å²) in [6.45, 7) is 5.48. The highest BCUT2D eigenvalue weighted by Gasteiger charge is 2.24. The number of fused-ring (bicyclic) bond motifs is 1. The Morgan fingerprint density at radius 3 is 2.64 bits per heavy atom. The van der Waals surface area contributed by atoms with Crippen LogP contribution in [-0.4, -0.2) is 59.1 Å². The summed E-state index contributed by atoms with van der Waals surface area (Å²) in [6.07, 6.45) is 1.99. The Hall–Kier alpha value is -3.65. The maximum atomic E-state index is 12.9. The van der Waals surface area contributed by atoms with E-state index in [0.717, 1.165) is 40.9 Å². The third-order valence-corrected chi connectivity index (χ3v) is 6.07. The molecule has 1 fully saturated rings. The zero-order valence-electron chi connectivity index (χ0n) is 18.8. The highest BCUT2D eigenvalue weighted by atomic mass is 16.5. The van der Waals surface area contributed by atoms with E-state index in [1.807, 2.05) is 54.3 Å². The summed E-state index contributed by atoms with van der Waals surface area (Å²) in [4.78, 5) is 21.6. The van der Waals surface area contributed by atoms with Crippen LogP contribution in [0.25, 0.3) is 22.4 Å². The first kappa shape index (κ1) is 21.2. The van der Waals surface area contributed by atoms with Gasteiger partial charge in [0.05, 0.1) is 26.3 Å². The highest BCUT2D eigenvalue weighted by molar-refractivity contribution is 5.88. The van der Waals surface area contributed by atoms with E-state index in [4.69, 9.17) is 13.7 Å². The molecule has 2 aromatic carbocycles. The van der Waals surface area contributed by atoms with E-state index >= 15 is 0 Å². The molecule has 170 valence electrons. The van der Waals surface area contributed by atoms with Gasteiger partial charge in [0.15, 0.2) is 0 Å². The largest absolute Gasteiger partial charge is 0.497 e. The van der Waals surface area contributed by atoms with Crippen LogP contribution in [0.3, 0.4) is 0 Å². The fourth-order valence-electron chi connectivity index (χ4n) is 4.09. The van der Waals surface area contributed by atoms with Gasteiger partial charge in [-0.2, -0.15) is 4.98 Å². The van der Waals surface area contributed by atoms with Gasteiger partial charge in [-0.25, -0.2) is 0 Å². The number of piperazine rings is 1.